The Morgan fingerprint density at radius 3 is 2.76 bits per heavy atom. The summed E-state index contributed by atoms with van der Waals surface area (Å²) in [5, 5.41) is 12.2. The van der Waals surface area contributed by atoms with Gasteiger partial charge in [0.15, 0.2) is 17.3 Å². The molecule has 11 heteroatoms. The van der Waals surface area contributed by atoms with Gasteiger partial charge in [-0.1, -0.05) is 26.8 Å². The fourth-order valence-electron chi connectivity index (χ4n) is 3.96. The van der Waals surface area contributed by atoms with Crippen molar-refractivity contribution in [1.82, 2.24) is 35.1 Å². The second-order valence-electron chi connectivity index (χ2n) is 9.57. The van der Waals surface area contributed by atoms with E-state index in [-0.39, 0.29) is 17.0 Å². The van der Waals surface area contributed by atoms with Crippen LogP contribution in [0, 0.1) is 11.2 Å². The smallest absolute Gasteiger partial charge is 0.229 e. The Bertz CT molecular complexity index is 1780. The Morgan fingerprint density at radius 1 is 1.11 bits per heavy atom. The normalized spacial score (nSPS) is 11.9. The first-order valence-electron chi connectivity index (χ1n) is 11.5. The molecule has 1 amide bonds. The van der Waals surface area contributed by atoms with E-state index in [1.807, 2.05) is 44.4 Å². The summed E-state index contributed by atoms with van der Waals surface area (Å²) >= 11 is 1.61. The average Bonchev–Trinajstić information content (AvgIpc) is 3.63. The molecular weight excluding hydrogens is 491 g/mol. The maximum absolute atomic E-state index is 16.0. The summed E-state index contributed by atoms with van der Waals surface area (Å²) in [6.45, 7) is 5.44. The Kier molecular flexibility index (Phi) is 5.30. The summed E-state index contributed by atoms with van der Waals surface area (Å²) in [6.07, 6.45) is 6.23. The van der Waals surface area contributed by atoms with Crippen LogP contribution in [-0.2, 0) is 4.79 Å². The molecule has 3 N–H and O–H groups in total. The molecule has 6 heterocycles. The lowest BCUT2D eigenvalue weighted by Crippen LogP contribution is -2.27. The predicted molar refractivity (Wildman–Crippen MR) is 141 cm³/mol. The SMILES string of the molecule is CC(C)(C)C(=O)Nc1cncc(-c2ncc3[nH]nc(-c4nc5nccc(-c6cccs6)c5[nH]4)c3c2F)c1. The van der Waals surface area contributed by atoms with Crippen molar-refractivity contribution >= 4 is 45.0 Å². The van der Waals surface area contributed by atoms with Crippen LogP contribution >= 0.6 is 11.3 Å². The molecule has 6 rings (SSSR count). The molecule has 0 atom stereocenters. The third-order valence-electron chi connectivity index (χ3n) is 5.90. The molecule has 0 bridgehead atoms. The Hall–Kier alpha value is -4.51. The van der Waals surface area contributed by atoms with Crippen LogP contribution in [0.15, 0.2) is 54.4 Å². The van der Waals surface area contributed by atoms with Crippen LogP contribution in [0.3, 0.4) is 0 Å². The van der Waals surface area contributed by atoms with Crippen molar-refractivity contribution in [2.45, 2.75) is 20.8 Å². The van der Waals surface area contributed by atoms with Gasteiger partial charge in [-0.15, -0.1) is 11.3 Å². The van der Waals surface area contributed by atoms with Crippen LogP contribution in [0.5, 0.6) is 0 Å². The van der Waals surface area contributed by atoms with Gasteiger partial charge in [-0.3, -0.25) is 19.9 Å². The topological polar surface area (TPSA) is 125 Å². The van der Waals surface area contributed by atoms with E-state index in [0.717, 1.165) is 16.0 Å². The molecule has 0 fully saturated rings. The standard InChI is InChI=1S/C26H21FN8OS/c1-26(2,3)25(36)31-14-9-13(10-28-11-14)20-19(27)18-16(12-30-20)34-35-22(18)24-32-21-15(17-5-4-8-37-17)6-7-29-23(21)33-24/h4-12H,1-3H3,(H,31,36)(H,34,35)(H,29,32,33). The van der Waals surface area contributed by atoms with Gasteiger partial charge in [0.05, 0.1) is 34.5 Å². The number of anilines is 1. The van der Waals surface area contributed by atoms with Crippen LogP contribution in [0.4, 0.5) is 10.1 Å². The van der Waals surface area contributed by atoms with E-state index in [1.165, 1.54) is 18.6 Å². The third-order valence-corrected chi connectivity index (χ3v) is 6.80. The molecule has 0 aromatic carbocycles. The monoisotopic (exact) mass is 512 g/mol. The zero-order chi connectivity index (χ0) is 25.7. The predicted octanol–water partition coefficient (Wildman–Crippen LogP) is 5.81. The minimum absolute atomic E-state index is 0.0861. The molecule has 9 nitrogen and oxygen atoms in total. The number of nitrogens with one attached hydrogen (secondary N) is 3. The van der Waals surface area contributed by atoms with Gasteiger partial charge in [-0.05, 0) is 23.6 Å². The number of thiophene rings is 1. The lowest BCUT2D eigenvalue weighted by atomic mass is 9.95. The number of aromatic amines is 2. The van der Waals surface area contributed by atoms with Crippen molar-refractivity contribution in [3.63, 3.8) is 0 Å². The minimum atomic E-state index is -0.588. The van der Waals surface area contributed by atoms with E-state index in [4.69, 9.17) is 0 Å². The van der Waals surface area contributed by atoms with Gasteiger partial charge in [-0.25, -0.2) is 14.4 Å². The molecule has 0 saturated heterocycles. The molecule has 6 aromatic heterocycles. The number of H-pyrrole nitrogens is 2. The number of amides is 1. The molecule has 37 heavy (non-hydrogen) atoms. The summed E-state index contributed by atoms with van der Waals surface area (Å²) in [5.74, 6) is -0.361. The van der Waals surface area contributed by atoms with Gasteiger partial charge in [0.25, 0.3) is 0 Å². The molecule has 184 valence electrons. The number of fused-ring (bicyclic) bond motifs is 2. The first kappa shape index (κ1) is 22.9. The van der Waals surface area contributed by atoms with Gasteiger partial charge in [0.2, 0.25) is 5.91 Å². The van der Waals surface area contributed by atoms with Crippen molar-refractivity contribution in [2.75, 3.05) is 5.32 Å². The highest BCUT2D eigenvalue weighted by atomic mass is 32.1. The summed E-state index contributed by atoms with van der Waals surface area (Å²) in [5.41, 5.74) is 3.33. The number of rotatable bonds is 4. The molecule has 0 saturated carbocycles. The molecular formula is C26H21FN8OS. The zero-order valence-corrected chi connectivity index (χ0v) is 20.9. The van der Waals surface area contributed by atoms with Crippen LogP contribution in [0.1, 0.15) is 20.8 Å². The molecule has 0 aliphatic heterocycles. The highest BCUT2D eigenvalue weighted by molar-refractivity contribution is 7.13. The molecule has 0 unspecified atom stereocenters. The summed E-state index contributed by atoms with van der Waals surface area (Å²) in [6, 6.07) is 7.56. The number of pyridine rings is 3. The van der Waals surface area contributed by atoms with E-state index >= 15 is 4.39 Å². The van der Waals surface area contributed by atoms with E-state index in [9.17, 15) is 4.79 Å². The number of aromatic nitrogens is 7. The van der Waals surface area contributed by atoms with Crippen LogP contribution < -0.4 is 5.32 Å². The number of hydrogen-bond donors (Lipinski definition) is 3. The third kappa shape index (κ3) is 4.02. The molecule has 0 aliphatic carbocycles. The molecule has 6 aromatic rings. The quantitative estimate of drug-likeness (QED) is 0.274. The van der Waals surface area contributed by atoms with Gasteiger partial charge in [0, 0.05) is 33.8 Å². The zero-order valence-electron chi connectivity index (χ0n) is 20.1. The van der Waals surface area contributed by atoms with Crippen molar-refractivity contribution in [3.8, 4) is 33.2 Å². The van der Waals surface area contributed by atoms with Crippen LogP contribution in [0.25, 0.3) is 55.3 Å². The first-order valence-corrected chi connectivity index (χ1v) is 12.4. The summed E-state index contributed by atoms with van der Waals surface area (Å²) in [7, 11) is 0. The van der Waals surface area contributed by atoms with Crippen molar-refractivity contribution < 1.29 is 9.18 Å². The van der Waals surface area contributed by atoms with Gasteiger partial charge in [0.1, 0.15) is 11.4 Å². The Morgan fingerprint density at radius 2 is 1.97 bits per heavy atom. The lowest BCUT2D eigenvalue weighted by Gasteiger charge is -2.17. The molecule has 0 radical (unpaired) electrons. The van der Waals surface area contributed by atoms with E-state index in [0.29, 0.717) is 33.9 Å². The van der Waals surface area contributed by atoms with E-state index < -0.39 is 11.2 Å². The van der Waals surface area contributed by atoms with Crippen molar-refractivity contribution in [2.24, 2.45) is 5.41 Å². The maximum atomic E-state index is 16.0. The van der Waals surface area contributed by atoms with Crippen molar-refractivity contribution in [1.29, 1.82) is 0 Å². The molecule has 0 aliphatic rings. The number of hydrogen-bond acceptors (Lipinski definition) is 7. The van der Waals surface area contributed by atoms with Crippen molar-refractivity contribution in [3.05, 3.63) is 60.3 Å². The highest BCUT2D eigenvalue weighted by Crippen LogP contribution is 2.35. The van der Waals surface area contributed by atoms with Gasteiger partial charge in [-0.2, -0.15) is 5.10 Å². The Labute approximate surface area is 214 Å². The number of carbonyl (C=O) groups is 1. The average molecular weight is 513 g/mol. The summed E-state index contributed by atoms with van der Waals surface area (Å²) in [4.78, 5) is 34.2. The fourth-order valence-corrected chi connectivity index (χ4v) is 4.72. The van der Waals surface area contributed by atoms with Gasteiger partial charge >= 0.3 is 0 Å². The number of imidazole rings is 1. The second kappa shape index (κ2) is 8.56. The number of carbonyl (C=O) groups excluding carboxylic acids is 1. The lowest BCUT2D eigenvalue weighted by molar-refractivity contribution is -0.123. The van der Waals surface area contributed by atoms with E-state index in [2.05, 4.69) is 40.4 Å². The van der Waals surface area contributed by atoms with Crippen LogP contribution in [0.2, 0.25) is 0 Å². The number of halogens is 1. The summed E-state index contributed by atoms with van der Waals surface area (Å²) < 4.78 is 16.0. The largest absolute Gasteiger partial charge is 0.335 e. The highest BCUT2D eigenvalue weighted by Gasteiger charge is 2.23. The number of nitrogens with zero attached hydrogens (tertiary/aromatic N) is 5. The van der Waals surface area contributed by atoms with Gasteiger partial charge < -0.3 is 10.3 Å². The van der Waals surface area contributed by atoms with Crippen LogP contribution in [-0.4, -0.2) is 41.0 Å². The first-order chi connectivity index (χ1) is 17.8. The second-order valence-corrected chi connectivity index (χ2v) is 10.5. The maximum Gasteiger partial charge on any atom is 0.229 e. The van der Waals surface area contributed by atoms with E-state index in [1.54, 1.807) is 23.6 Å². The Balaban J connectivity index is 1.44. The fraction of sp³-hybridized carbons (Fsp3) is 0.154. The molecule has 0 spiro atoms. The minimum Gasteiger partial charge on any atom is -0.335 e.